The summed E-state index contributed by atoms with van der Waals surface area (Å²) in [5.41, 5.74) is 3.46. The lowest BCUT2D eigenvalue weighted by Crippen LogP contribution is -2.48. The lowest BCUT2D eigenvalue weighted by atomic mass is 10.1. The zero-order valence-corrected chi connectivity index (χ0v) is 14.9. The molecule has 1 fully saturated rings. The lowest BCUT2D eigenvalue weighted by Gasteiger charge is -2.35. The molecule has 0 saturated carbocycles. The molecule has 1 amide bonds. The van der Waals surface area contributed by atoms with E-state index < -0.39 is 0 Å². The number of halogens is 1. The molecule has 0 aliphatic carbocycles. The predicted molar refractivity (Wildman–Crippen MR) is 96.5 cm³/mol. The Morgan fingerprint density at radius 3 is 2.48 bits per heavy atom. The first-order chi connectivity index (χ1) is 11.1. The molecule has 1 aliphatic rings. The van der Waals surface area contributed by atoms with Gasteiger partial charge < -0.3 is 4.90 Å². The highest BCUT2D eigenvalue weighted by atomic mass is 79.9. The average Bonchev–Trinajstić information content (AvgIpc) is 2.57. The molecule has 0 spiro atoms. The van der Waals surface area contributed by atoms with Gasteiger partial charge in [0.15, 0.2) is 0 Å². The fourth-order valence-electron chi connectivity index (χ4n) is 2.94. The van der Waals surface area contributed by atoms with Crippen molar-refractivity contribution in [2.45, 2.75) is 13.5 Å². The van der Waals surface area contributed by atoms with Gasteiger partial charge >= 0.3 is 0 Å². The SMILES string of the molecule is Cc1ccccc1CN1CCN(C(=O)c2cccc(Br)c2)CC1. The van der Waals surface area contributed by atoms with Gasteiger partial charge in [-0.3, -0.25) is 9.69 Å². The molecule has 0 unspecified atom stereocenters. The van der Waals surface area contributed by atoms with E-state index in [9.17, 15) is 4.79 Å². The second kappa shape index (κ2) is 7.28. The van der Waals surface area contributed by atoms with Crippen molar-refractivity contribution >= 4 is 21.8 Å². The van der Waals surface area contributed by atoms with E-state index in [1.54, 1.807) is 0 Å². The van der Waals surface area contributed by atoms with Crippen molar-refractivity contribution in [3.8, 4) is 0 Å². The summed E-state index contributed by atoms with van der Waals surface area (Å²) < 4.78 is 0.946. The van der Waals surface area contributed by atoms with Gasteiger partial charge in [0.2, 0.25) is 0 Å². The molecule has 1 heterocycles. The van der Waals surface area contributed by atoms with Gasteiger partial charge in [-0.1, -0.05) is 46.3 Å². The third-order valence-corrected chi connectivity index (χ3v) is 4.88. The Kier molecular flexibility index (Phi) is 5.13. The van der Waals surface area contributed by atoms with Gasteiger partial charge in [-0.2, -0.15) is 0 Å². The van der Waals surface area contributed by atoms with Crippen LogP contribution in [0.2, 0.25) is 0 Å². The highest BCUT2D eigenvalue weighted by Gasteiger charge is 2.22. The highest BCUT2D eigenvalue weighted by Crippen LogP contribution is 2.16. The maximum absolute atomic E-state index is 12.6. The summed E-state index contributed by atoms with van der Waals surface area (Å²) in [5.74, 6) is 0.127. The summed E-state index contributed by atoms with van der Waals surface area (Å²) in [6, 6.07) is 16.1. The maximum atomic E-state index is 12.6. The molecule has 0 aromatic heterocycles. The molecule has 0 bridgehead atoms. The second-order valence-corrected chi connectivity index (χ2v) is 6.92. The molecule has 120 valence electrons. The predicted octanol–water partition coefficient (Wildman–Crippen LogP) is 3.72. The zero-order valence-electron chi connectivity index (χ0n) is 13.3. The zero-order chi connectivity index (χ0) is 16.2. The van der Waals surface area contributed by atoms with Crippen molar-refractivity contribution in [2.24, 2.45) is 0 Å². The number of hydrogen-bond acceptors (Lipinski definition) is 2. The number of carbonyl (C=O) groups is 1. The maximum Gasteiger partial charge on any atom is 0.253 e. The molecular formula is C19H21BrN2O. The summed E-state index contributed by atoms with van der Waals surface area (Å²) in [5, 5.41) is 0. The van der Waals surface area contributed by atoms with E-state index in [1.165, 1.54) is 11.1 Å². The molecule has 4 heteroatoms. The van der Waals surface area contributed by atoms with E-state index in [-0.39, 0.29) is 5.91 Å². The van der Waals surface area contributed by atoms with Crippen molar-refractivity contribution in [1.82, 2.24) is 9.80 Å². The summed E-state index contributed by atoms with van der Waals surface area (Å²) in [6.07, 6.45) is 0. The third kappa shape index (κ3) is 4.01. The van der Waals surface area contributed by atoms with Crippen LogP contribution in [0.5, 0.6) is 0 Å². The quantitative estimate of drug-likeness (QED) is 0.819. The molecule has 0 N–H and O–H groups in total. The number of amides is 1. The lowest BCUT2D eigenvalue weighted by molar-refractivity contribution is 0.0628. The van der Waals surface area contributed by atoms with E-state index in [0.717, 1.165) is 42.8 Å². The minimum Gasteiger partial charge on any atom is -0.336 e. The number of hydrogen-bond donors (Lipinski definition) is 0. The Bertz CT molecular complexity index is 693. The largest absolute Gasteiger partial charge is 0.336 e. The smallest absolute Gasteiger partial charge is 0.253 e. The molecule has 1 aliphatic heterocycles. The fourth-order valence-corrected chi connectivity index (χ4v) is 3.34. The molecule has 23 heavy (non-hydrogen) atoms. The van der Waals surface area contributed by atoms with Crippen molar-refractivity contribution < 1.29 is 4.79 Å². The molecule has 0 atom stereocenters. The van der Waals surface area contributed by atoms with Crippen molar-refractivity contribution in [1.29, 1.82) is 0 Å². The molecule has 2 aromatic rings. The standard InChI is InChI=1S/C19H21BrN2O/c1-15-5-2-3-6-17(15)14-21-9-11-22(12-10-21)19(23)16-7-4-8-18(20)13-16/h2-8,13H,9-12,14H2,1H3. The van der Waals surface area contributed by atoms with Gasteiger partial charge in [0, 0.05) is 42.8 Å². The van der Waals surface area contributed by atoms with E-state index in [4.69, 9.17) is 0 Å². The van der Waals surface area contributed by atoms with E-state index in [1.807, 2.05) is 29.2 Å². The van der Waals surface area contributed by atoms with E-state index in [0.29, 0.717) is 0 Å². The van der Waals surface area contributed by atoms with Crippen LogP contribution in [0.1, 0.15) is 21.5 Å². The van der Waals surface area contributed by atoms with E-state index >= 15 is 0 Å². The Hall–Kier alpha value is -1.65. The van der Waals surface area contributed by atoms with Gasteiger partial charge in [0.1, 0.15) is 0 Å². The van der Waals surface area contributed by atoms with Gasteiger partial charge in [-0.15, -0.1) is 0 Å². The molecule has 3 rings (SSSR count). The number of aryl methyl sites for hydroxylation is 1. The van der Waals surface area contributed by atoms with Gasteiger partial charge in [0.05, 0.1) is 0 Å². The normalized spacial score (nSPS) is 15.7. The number of piperazine rings is 1. The monoisotopic (exact) mass is 372 g/mol. The van der Waals surface area contributed by atoms with Crippen LogP contribution in [0.15, 0.2) is 53.0 Å². The number of benzene rings is 2. The first-order valence-corrected chi connectivity index (χ1v) is 8.74. The van der Waals surface area contributed by atoms with Crippen LogP contribution in [0.25, 0.3) is 0 Å². The number of rotatable bonds is 3. The fraction of sp³-hybridized carbons (Fsp3) is 0.316. The Morgan fingerprint density at radius 2 is 1.78 bits per heavy atom. The van der Waals surface area contributed by atoms with Crippen LogP contribution in [-0.2, 0) is 6.54 Å². The first kappa shape index (κ1) is 16.2. The summed E-state index contributed by atoms with van der Waals surface area (Å²) in [4.78, 5) is 16.9. The molecule has 0 radical (unpaired) electrons. The van der Waals surface area contributed by atoms with Crippen LogP contribution in [0, 0.1) is 6.92 Å². The number of nitrogens with zero attached hydrogens (tertiary/aromatic N) is 2. The van der Waals surface area contributed by atoms with Crippen LogP contribution >= 0.6 is 15.9 Å². The summed E-state index contributed by atoms with van der Waals surface area (Å²) >= 11 is 3.43. The Morgan fingerprint density at radius 1 is 1.04 bits per heavy atom. The van der Waals surface area contributed by atoms with Crippen LogP contribution in [0.4, 0.5) is 0 Å². The third-order valence-electron chi connectivity index (χ3n) is 4.39. The Labute approximate surface area is 146 Å². The van der Waals surface area contributed by atoms with Crippen LogP contribution in [0.3, 0.4) is 0 Å². The Balaban J connectivity index is 1.58. The summed E-state index contributed by atoms with van der Waals surface area (Å²) in [6.45, 7) is 6.55. The molecular weight excluding hydrogens is 352 g/mol. The van der Waals surface area contributed by atoms with Crippen molar-refractivity contribution in [2.75, 3.05) is 26.2 Å². The van der Waals surface area contributed by atoms with Crippen molar-refractivity contribution in [3.63, 3.8) is 0 Å². The first-order valence-electron chi connectivity index (χ1n) is 7.95. The van der Waals surface area contributed by atoms with Gasteiger partial charge in [-0.05, 0) is 36.2 Å². The molecule has 2 aromatic carbocycles. The average molecular weight is 373 g/mol. The minimum atomic E-state index is 0.127. The summed E-state index contributed by atoms with van der Waals surface area (Å²) in [7, 11) is 0. The molecule has 3 nitrogen and oxygen atoms in total. The van der Waals surface area contributed by atoms with Crippen LogP contribution in [-0.4, -0.2) is 41.9 Å². The minimum absolute atomic E-state index is 0.127. The second-order valence-electron chi connectivity index (χ2n) is 6.01. The number of carbonyl (C=O) groups excluding carboxylic acids is 1. The van der Waals surface area contributed by atoms with E-state index in [2.05, 4.69) is 52.0 Å². The topological polar surface area (TPSA) is 23.6 Å². The van der Waals surface area contributed by atoms with Crippen molar-refractivity contribution in [3.05, 3.63) is 69.7 Å². The highest BCUT2D eigenvalue weighted by molar-refractivity contribution is 9.10. The molecule has 1 saturated heterocycles. The van der Waals surface area contributed by atoms with Gasteiger partial charge in [0.25, 0.3) is 5.91 Å². The van der Waals surface area contributed by atoms with Gasteiger partial charge in [-0.25, -0.2) is 0 Å². The van der Waals surface area contributed by atoms with Crippen LogP contribution < -0.4 is 0 Å².